The highest BCUT2D eigenvalue weighted by molar-refractivity contribution is 6.00. The maximum atomic E-state index is 12.8. The van der Waals surface area contributed by atoms with Crippen molar-refractivity contribution in [1.29, 1.82) is 0 Å². The third-order valence-corrected chi connectivity index (χ3v) is 6.04. The average Bonchev–Trinajstić information content (AvgIpc) is 2.95. The van der Waals surface area contributed by atoms with Gasteiger partial charge in [0.25, 0.3) is 0 Å². The predicted molar refractivity (Wildman–Crippen MR) is 126 cm³/mol. The number of ether oxygens (including phenoxy) is 7. The lowest BCUT2D eigenvalue weighted by Gasteiger charge is -2.33. The zero-order valence-corrected chi connectivity index (χ0v) is 22.2. The van der Waals surface area contributed by atoms with Crippen molar-refractivity contribution in [2.45, 2.75) is 12.3 Å². The Hall–Kier alpha value is -4.16. The first-order valence-corrected chi connectivity index (χ1v) is 11.2. The molecule has 0 saturated carbocycles. The molecule has 0 aliphatic heterocycles. The van der Waals surface area contributed by atoms with Crippen molar-refractivity contribution in [3.05, 3.63) is 29.8 Å². The standard InChI is InChI=1S/C25H32O13/c1-32-14-10-8-9-13(11-14)15(17(20(26)33-2)21(27)34-3)12-16(18(22(28)35-4)23(29)36-5)19(24(30)37-6)25(31)38-7/h8-11,15-19H,12H2,1-7H3/t15-/m1/s1. The van der Waals surface area contributed by atoms with Crippen molar-refractivity contribution >= 4 is 35.8 Å². The van der Waals surface area contributed by atoms with Crippen LogP contribution < -0.4 is 4.74 Å². The van der Waals surface area contributed by atoms with Gasteiger partial charge in [0.2, 0.25) is 0 Å². The minimum atomic E-state index is -1.86. The summed E-state index contributed by atoms with van der Waals surface area (Å²) in [6, 6.07) is 6.20. The number of esters is 6. The fourth-order valence-corrected chi connectivity index (χ4v) is 4.17. The maximum absolute atomic E-state index is 12.8. The van der Waals surface area contributed by atoms with Gasteiger partial charge in [-0.3, -0.25) is 28.8 Å². The van der Waals surface area contributed by atoms with Gasteiger partial charge in [-0.15, -0.1) is 0 Å². The molecule has 0 aliphatic rings. The van der Waals surface area contributed by atoms with E-state index >= 15 is 0 Å². The smallest absolute Gasteiger partial charge is 0.320 e. The highest BCUT2D eigenvalue weighted by Gasteiger charge is 2.51. The molecule has 1 atom stereocenters. The number of carbonyl (C=O) groups excluding carboxylic acids is 6. The van der Waals surface area contributed by atoms with E-state index < -0.39 is 71.8 Å². The molecular formula is C25H32O13. The van der Waals surface area contributed by atoms with Crippen LogP contribution in [0, 0.1) is 23.7 Å². The third-order valence-electron chi connectivity index (χ3n) is 6.04. The van der Waals surface area contributed by atoms with Crippen molar-refractivity contribution in [1.82, 2.24) is 0 Å². The van der Waals surface area contributed by atoms with E-state index in [4.69, 9.17) is 33.2 Å². The van der Waals surface area contributed by atoms with Gasteiger partial charge < -0.3 is 33.2 Å². The van der Waals surface area contributed by atoms with Gasteiger partial charge in [0.15, 0.2) is 17.8 Å². The molecule has 13 nitrogen and oxygen atoms in total. The van der Waals surface area contributed by atoms with Crippen molar-refractivity contribution in [3.63, 3.8) is 0 Å². The second-order valence-corrected chi connectivity index (χ2v) is 7.85. The van der Waals surface area contributed by atoms with Crippen LogP contribution in [0.3, 0.4) is 0 Å². The topological polar surface area (TPSA) is 167 Å². The van der Waals surface area contributed by atoms with E-state index in [0.717, 1.165) is 42.7 Å². The van der Waals surface area contributed by atoms with E-state index in [2.05, 4.69) is 0 Å². The molecule has 0 fully saturated rings. The van der Waals surface area contributed by atoms with Gasteiger partial charge in [-0.25, -0.2) is 0 Å². The molecule has 0 spiro atoms. The lowest BCUT2D eigenvalue weighted by atomic mass is 9.71. The molecule has 0 heterocycles. The molecule has 210 valence electrons. The normalized spacial score (nSPS) is 11.6. The maximum Gasteiger partial charge on any atom is 0.320 e. The Balaban J connectivity index is 4.02. The van der Waals surface area contributed by atoms with Gasteiger partial charge in [-0.2, -0.15) is 0 Å². The summed E-state index contributed by atoms with van der Waals surface area (Å²) in [5, 5.41) is 0. The summed E-state index contributed by atoms with van der Waals surface area (Å²) in [6.45, 7) is 0. The second-order valence-electron chi connectivity index (χ2n) is 7.85. The first kappa shape index (κ1) is 31.9. The molecule has 1 aromatic rings. The Bertz CT molecular complexity index is 934. The highest BCUT2D eigenvalue weighted by Crippen LogP contribution is 2.41. The van der Waals surface area contributed by atoms with Crippen LogP contribution >= 0.6 is 0 Å². The van der Waals surface area contributed by atoms with Crippen LogP contribution in [0.2, 0.25) is 0 Å². The van der Waals surface area contributed by atoms with Crippen molar-refractivity contribution in [2.75, 3.05) is 49.8 Å². The fraction of sp³-hybridized carbons (Fsp3) is 0.520. The number of carbonyl (C=O) groups is 6. The van der Waals surface area contributed by atoms with E-state index in [1.807, 2.05) is 0 Å². The van der Waals surface area contributed by atoms with E-state index in [1.165, 1.54) is 13.2 Å². The van der Waals surface area contributed by atoms with E-state index in [1.54, 1.807) is 18.2 Å². The van der Waals surface area contributed by atoms with Gasteiger partial charge in [-0.1, -0.05) is 12.1 Å². The molecule has 0 N–H and O–H groups in total. The highest BCUT2D eigenvalue weighted by atomic mass is 16.6. The molecular weight excluding hydrogens is 508 g/mol. The summed E-state index contributed by atoms with van der Waals surface area (Å²) in [6.07, 6.45) is -0.494. The van der Waals surface area contributed by atoms with Gasteiger partial charge in [-0.05, 0) is 24.1 Å². The van der Waals surface area contributed by atoms with Crippen LogP contribution in [0.4, 0.5) is 0 Å². The monoisotopic (exact) mass is 540 g/mol. The van der Waals surface area contributed by atoms with Gasteiger partial charge in [0, 0.05) is 11.8 Å². The number of hydrogen-bond donors (Lipinski definition) is 0. The van der Waals surface area contributed by atoms with Gasteiger partial charge in [0.05, 0.1) is 49.8 Å². The van der Waals surface area contributed by atoms with Crippen molar-refractivity contribution in [3.8, 4) is 5.75 Å². The zero-order valence-electron chi connectivity index (χ0n) is 22.2. The number of rotatable bonds is 13. The molecule has 1 rings (SSSR count). The number of hydrogen-bond acceptors (Lipinski definition) is 13. The minimum absolute atomic E-state index is 0.303. The number of methoxy groups -OCH3 is 7. The summed E-state index contributed by atoms with van der Waals surface area (Å²) in [5.41, 5.74) is 0.303. The van der Waals surface area contributed by atoms with Crippen molar-refractivity contribution in [2.24, 2.45) is 23.7 Å². The Morgan fingerprint density at radius 1 is 0.579 bits per heavy atom. The lowest BCUT2D eigenvalue weighted by molar-refractivity contribution is -0.170. The Morgan fingerprint density at radius 3 is 1.29 bits per heavy atom. The summed E-state index contributed by atoms with van der Waals surface area (Å²) in [4.78, 5) is 77.0. The lowest BCUT2D eigenvalue weighted by Crippen LogP contribution is -2.45. The molecule has 0 unspecified atom stereocenters. The van der Waals surface area contributed by atoms with Crippen LogP contribution in [0.1, 0.15) is 17.9 Å². The summed E-state index contributed by atoms with van der Waals surface area (Å²) in [5.74, 6) is -14.4. The molecule has 0 aromatic heterocycles. The molecule has 0 radical (unpaired) electrons. The molecule has 38 heavy (non-hydrogen) atoms. The summed E-state index contributed by atoms with van der Waals surface area (Å²) < 4.78 is 34.0. The summed E-state index contributed by atoms with van der Waals surface area (Å²) >= 11 is 0. The molecule has 0 aliphatic carbocycles. The Morgan fingerprint density at radius 2 is 0.947 bits per heavy atom. The fourth-order valence-electron chi connectivity index (χ4n) is 4.17. The third kappa shape index (κ3) is 7.43. The largest absolute Gasteiger partial charge is 0.497 e. The van der Waals surface area contributed by atoms with Gasteiger partial charge in [0.1, 0.15) is 5.75 Å². The van der Waals surface area contributed by atoms with Crippen LogP contribution in [-0.2, 0) is 57.2 Å². The molecule has 0 bridgehead atoms. The minimum Gasteiger partial charge on any atom is -0.497 e. The van der Waals surface area contributed by atoms with Crippen LogP contribution in [0.5, 0.6) is 5.75 Å². The first-order chi connectivity index (χ1) is 18.1. The quantitative estimate of drug-likeness (QED) is 0.195. The molecule has 13 heteroatoms. The second kappa shape index (κ2) is 15.2. The van der Waals surface area contributed by atoms with Gasteiger partial charge >= 0.3 is 35.8 Å². The Labute approximate surface area is 219 Å². The van der Waals surface area contributed by atoms with Crippen LogP contribution in [-0.4, -0.2) is 85.6 Å². The molecule has 1 aromatic carbocycles. The zero-order chi connectivity index (χ0) is 29.0. The summed E-state index contributed by atoms with van der Waals surface area (Å²) in [7, 11) is 7.46. The van der Waals surface area contributed by atoms with Crippen molar-refractivity contribution < 1.29 is 61.9 Å². The molecule has 0 amide bonds. The Kier molecular flexibility index (Phi) is 12.7. The van der Waals surface area contributed by atoms with E-state index in [9.17, 15) is 28.8 Å². The van der Waals surface area contributed by atoms with E-state index in [0.29, 0.717) is 11.3 Å². The predicted octanol–water partition coefficient (Wildman–Crippen LogP) is 0.672. The average molecular weight is 541 g/mol. The molecule has 0 saturated heterocycles. The van der Waals surface area contributed by atoms with E-state index in [-0.39, 0.29) is 0 Å². The van der Waals surface area contributed by atoms with Crippen LogP contribution in [0.25, 0.3) is 0 Å². The first-order valence-electron chi connectivity index (χ1n) is 11.2. The SMILES string of the molecule is COC(=O)C(C(=O)OC)C(C[C@H](c1cccc(OC)c1)C(C(=O)OC)C(=O)OC)C(C(=O)OC)C(=O)OC. The number of benzene rings is 1. The van der Waals surface area contributed by atoms with Crippen LogP contribution in [0.15, 0.2) is 24.3 Å².